The Bertz CT molecular complexity index is 1030. The van der Waals surface area contributed by atoms with E-state index in [0.717, 1.165) is 12.8 Å². The molecular formula is C23H24ClN3O4. The van der Waals surface area contributed by atoms with Gasteiger partial charge in [0.25, 0.3) is 11.8 Å². The van der Waals surface area contributed by atoms with E-state index in [9.17, 15) is 14.4 Å². The first-order valence-electron chi connectivity index (χ1n) is 10.4. The number of nitrogens with zero attached hydrogens (tertiary/aromatic N) is 2. The number of benzene rings is 2. The average molecular weight is 442 g/mol. The summed E-state index contributed by atoms with van der Waals surface area (Å²) in [5, 5.41) is 12.2. The maximum Gasteiger partial charge on any atom is 0.263 e. The van der Waals surface area contributed by atoms with Crippen molar-refractivity contribution in [3.63, 3.8) is 0 Å². The molecule has 2 aliphatic rings. The quantitative estimate of drug-likeness (QED) is 0.672. The van der Waals surface area contributed by atoms with E-state index < -0.39 is 0 Å². The zero-order valence-corrected chi connectivity index (χ0v) is 17.8. The number of piperidine rings is 1. The van der Waals surface area contributed by atoms with E-state index in [1.807, 2.05) is 17.0 Å². The number of halogens is 1. The molecule has 4 rings (SSSR count). The lowest BCUT2D eigenvalue weighted by molar-refractivity contribution is -0.125. The van der Waals surface area contributed by atoms with Crippen LogP contribution < -0.4 is 10.2 Å². The van der Waals surface area contributed by atoms with E-state index in [1.165, 1.54) is 4.90 Å². The Morgan fingerprint density at radius 1 is 1.13 bits per heavy atom. The fourth-order valence-corrected chi connectivity index (χ4v) is 4.45. The van der Waals surface area contributed by atoms with E-state index in [0.29, 0.717) is 40.5 Å². The summed E-state index contributed by atoms with van der Waals surface area (Å²) in [6, 6.07) is 12.4. The third-order valence-electron chi connectivity index (χ3n) is 5.81. The van der Waals surface area contributed by atoms with Crippen LogP contribution in [0.25, 0.3) is 0 Å². The number of hydrogen-bond donors (Lipinski definition) is 2. The Hall–Kier alpha value is -2.90. The fourth-order valence-electron chi connectivity index (χ4n) is 4.25. The number of fused-ring (bicyclic) bond motifs is 1. The summed E-state index contributed by atoms with van der Waals surface area (Å²) >= 11 is 6.23. The SMILES string of the molecule is O=C(NCCO)[C@@H]1CCCN(c2cccc3c2C(=O)N(Cc2ccccc2Cl)C3=O)C1. The van der Waals surface area contributed by atoms with Gasteiger partial charge in [0.05, 0.1) is 35.9 Å². The molecule has 7 nitrogen and oxygen atoms in total. The normalized spacial score (nSPS) is 18.3. The topological polar surface area (TPSA) is 89.9 Å². The Balaban J connectivity index is 1.59. The van der Waals surface area contributed by atoms with Crippen LogP contribution in [0.5, 0.6) is 0 Å². The summed E-state index contributed by atoms with van der Waals surface area (Å²) in [5.41, 5.74) is 2.15. The second-order valence-electron chi connectivity index (χ2n) is 7.79. The standard InChI is InChI=1S/C23H24ClN3O4/c24-18-8-2-1-5-15(18)14-27-22(30)17-7-3-9-19(20(17)23(27)31)26-11-4-6-16(13-26)21(29)25-10-12-28/h1-3,5,7-9,16,28H,4,6,10-14H2,(H,25,29)/t16-/m1/s1. The molecule has 162 valence electrons. The average Bonchev–Trinajstić information content (AvgIpc) is 3.04. The Labute approximate surface area is 185 Å². The second-order valence-corrected chi connectivity index (χ2v) is 8.19. The van der Waals surface area contributed by atoms with Crippen LogP contribution in [0.1, 0.15) is 39.1 Å². The van der Waals surface area contributed by atoms with Gasteiger partial charge < -0.3 is 15.3 Å². The highest BCUT2D eigenvalue weighted by atomic mass is 35.5. The highest BCUT2D eigenvalue weighted by Crippen LogP contribution is 2.35. The van der Waals surface area contributed by atoms with Gasteiger partial charge in [-0.05, 0) is 36.6 Å². The van der Waals surface area contributed by atoms with E-state index in [4.69, 9.17) is 16.7 Å². The van der Waals surface area contributed by atoms with Gasteiger partial charge in [-0.3, -0.25) is 19.3 Å². The van der Waals surface area contributed by atoms with Crippen molar-refractivity contribution in [1.29, 1.82) is 0 Å². The molecule has 0 aromatic heterocycles. The summed E-state index contributed by atoms with van der Waals surface area (Å²) in [5.74, 6) is -1.02. The first kappa shape index (κ1) is 21.3. The lowest BCUT2D eigenvalue weighted by Gasteiger charge is -2.34. The summed E-state index contributed by atoms with van der Waals surface area (Å²) in [7, 11) is 0. The van der Waals surface area contributed by atoms with Crippen molar-refractivity contribution in [2.75, 3.05) is 31.1 Å². The van der Waals surface area contributed by atoms with Crippen LogP contribution in [0.4, 0.5) is 5.69 Å². The molecule has 0 aliphatic carbocycles. The van der Waals surface area contributed by atoms with Crippen molar-refractivity contribution in [3.8, 4) is 0 Å². The van der Waals surface area contributed by atoms with Crippen LogP contribution in [-0.4, -0.2) is 54.0 Å². The zero-order chi connectivity index (χ0) is 22.0. The first-order chi connectivity index (χ1) is 15.0. The highest BCUT2D eigenvalue weighted by Gasteiger charge is 2.39. The van der Waals surface area contributed by atoms with Gasteiger partial charge in [-0.25, -0.2) is 0 Å². The largest absolute Gasteiger partial charge is 0.395 e. The number of aliphatic hydroxyl groups is 1. The van der Waals surface area contributed by atoms with Gasteiger partial charge >= 0.3 is 0 Å². The van der Waals surface area contributed by atoms with Gasteiger partial charge in [-0.2, -0.15) is 0 Å². The van der Waals surface area contributed by atoms with E-state index in [-0.39, 0.29) is 43.3 Å². The number of carbonyl (C=O) groups excluding carboxylic acids is 3. The van der Waals surface area contributed by atoms with E-state index in [1.54, 1.807) is 30.3 Å². The number of anilines is 1. The molecular weight excluding hydrogens is 418 g/mol. The minimum atomic E-state index is -0.345. The van der Waals surface area contributed by atoms with Gasteiger partial charge in [0.15, 0.2) is 0 Å². The molecule has 3 amide bonds. The molecule has 8 heteroatoms. The van der Waals surface area contributed by atoms with Crippen LogP contribution in [0.15, 0.2) is 42.5 Å². The van der Waals surface area contributed by atoms with Gasteiger partial charge in [0.1, 0.15) is 0 Å². The highest BCUT2D eigenvalue weighted by molar-refractivity contribution is 6.31. The van der Waals surface area contributed by atoms with E-state index >= 15 is 0 Å². The summed E-state index contributed by atoms with van der Waals surface area (Å²) in [4.78, 5) is 41.9. The van der Waals surface area contributed by atoms with Crippen molar-refractivity contribution < 1.29 is 19.5 Å². The van der Waals surface area contributed by atoms with Crippen molar-refractivity contribution in [3.05, 3.63) is 64.2 Å². The lowest BCUT2D eigenvalue weighted by Crippen LogP contribution is -2.44. The number of rotatable bonds is 6. The van der Waals surface area contributed by atoms with Crippen LogP contribution in [0.3, 0.4) is 0 Å². The maximum atomic E-state index is 13.3. The summed E-state index contributed by atoms with van der Waals surface area (Å²) < 4.78 is 0. The van der Waals surface area contributed by atoms with Crippen molar-refractivity contribution in [1.82, 2.24) is 10.2 Å². The molecule has 1 saturated heterocycles. The zero-order valence-electron chi connectivity index (χ0n) is 17.0. The van der Waals surface area contributed by atoms with Crippen LogP contribution in [0.2, 0.25) is 5.02 Å². The molecule has 1 atom stereocenters. The lowest BCUT2D eigenvalue weighted by atomic mass is 9.95. The number of carbonyl (C=O) groups is 3. The van der Waals surface area contributed by atoms with Crippen LogP contribution in [0, 0.1) is 5.92 Å². The minimum Gasteiger partial charge on any atom is -0.395 e. The van der Waals surface area contributed by atoms with Crippen molar-refractivity contribution in [2.24, 2.45) is 5.92 Å². The molecule has 31 heavy (non-hydrogen) atoms. The van der Waals surface area contributed by atoms with Gasteiger partial charge in [0, 0.05) is 24.7 Å². The fraction of sp³-hybridized carbons (Fsp3) is 0.348. The van der Waals surface area contributed by atoms with Crippen molar-refractivity contribution >= 4 is 35.0 Å². The second kappa shape index (κ2) is 9.08. The maximum absolute atomic E-state index is 13.3. The minimum absolute atomic E-state index is 0.103. The van der Waals surface area contributed by atoms with Crippen molar-refractivity contribution in [2.45, 2.75) is 19.4 Å². The van der Waals surface area contributed by atoms with Gasteiger partial charge in [0.2, 0.25) is 5.91 Å². The Kier molecular flexibility index (Phi) is 6.25. The summed E-state index contributed by atoms with van der Waals surface area (Å²) in [6.07, 6.45) is 1.54. The van der Waals surface area contributed by atoms with Crippen LogP contribution >= 0.6 is 11.6 Å². The van der Waals surface area contributed by atoms with E-state index in [2.05, 4.69) is 5.32 Å². The molecule has 1 fully saturated rings. The molecule has 0 spiro atoms. The first-order valence-corrected chi connectivity index (χ1v) is 10.7. The smallest absolute Gasteiger partial charge is 0.263 e. The monoisotopic (exact) mass is 441 g/mol. The Morgan fingerprint density at radius 2 is 1.94 bits per heavy atom. The summed E-state index contributed by atoms with van der Waals surface area (Å²) in [6.45, 7) is 1.38. The molecule has 0 bridgehead atoms. The molecule has 0 radical (unpaired) electrons. The predicted octanol–water partition coefficient (Wildman–Crippen LogP) is 2.46. The van der Waals surface area contributed by atoms with Gasteiger partial charge in [-0.15, -0.1) is 0 Å². The number of aliphatic hydroxyl groups excluding tert-OH is 1. The van der Waals surface area contributed by atoms with Crippen LogP contribution in [-0.2, 0) is 11.3 Å². The third kappa shape index (κ3) is 4.16. The number of hydrogen-bond acceptors (Lipinski definition) is 5. The molecule has 2 N–H and O–H groups in total. The number of imide groups is 1. The number of nitrogens with one attached hydrogen (secondary N) is 1. The molecule has 2 aromatic carbocycles. The molecule has 0 unspecified atom stereocenters. The third-order valence-corrected chi connectivity index (χ3v) is 6.18. The molecule has 0 saturated carbocycles. The molecule has 2 aromatic rings. The molecule has 2 aliphatic heterocycles. The van der Waals surface area contributed by atoms with Gasteiger partial charge in [-0.1, -0.05) is 35.9 Å². The number of amides is 3. The molecule has 2 heterocycles. The Morgan fingerprint density at radius 3 is 2.71 bits per heavy atom. The predicted molar refractivity (Wildman–Crippen MR) is 117 cm³/mol.